The molecular formula is C19H22N4O5S. The zero-order valence-corrected chi connectivity index (χ0v) is 17.1. The fraction of sp³-hybridized carbons (Fsp3) is 0.316. The number of sulfonamides is 1. The topological polar surface area (TPSA) is 119 Å². The molecule has 3 rings (SSSR count). The Hall–Kier alpha value is -2.98. The molecule has 0 saturated carbocycles. The maximum absolute atomic E-state index is 12.2. The molecule has 154 valence electrons. The van der Waals surface area contributed by atoms with Gasteiger partial charge in [0, 0.05) is 26.9 Å². The number of hydrogen-bond donors (Lipinski definition) is 1. The number of rotatable bonds is 8. The number of nitrogens with one attached hydrogen (secondary N) is 1. The van der Waals surface area contributed by atoms with Crippen LogP contribution in [0.5, 0.6) is 0 Å². The number of carbonyl (C=O) groups is 1. The summed E-state index contributed by atoms with van der Waals surface area (Å²) in [5.74, 6) is 1.00. The monoisotopic (exact) mass is 418 g/mol. The summed E-state index contributed by atoms with van der Waals surface area (Å²) >= 11 is 0. The van der Waals surface area contributed by atoms with Gasteiger partial charge in [-0.2, -0.15) is 4.98 Å². The van der Waals surface area contributed by atoms with Crippen molar-refractivity contribution >= 4 is 15.9 Å². The molecule has 1 N–H and O–H groups in total. The van der Waals surface area contributed by atoms with Crippen LogP contribution in [0.1, 0.15) is 30.8 Å². The van der Waals surface area contributed by atoms with Crippen LogP contribution in [0.4, 0.5) is 0 Å². The van der Waals surface area contributed by atoms with Crippen molar-refractivity contribution in [1.29, 1.82) is 0 Å². The lowest BCUT2D eigenvalue weighted by molar-refractivity contribution is -0.121. The van der Waals surface area contributed by atoms with Gasteiger partial charge in [-0.3, -0.25) is 4.79 Å². The summed E-state index contributed by atoms with van der Waals surface area (Å²) in [5.41, 5.74) is 0.800. The Labute approximate surface area is 168 Å². The molecular weight excluding hydrogens is 396 g/mol. The largest absolute Gasteiger partial charge is 0.461 e. The van der Waals surface area contributed by atoms with Gasteiger partial charge in [-0.25, -0.2) is 12.7 Å². The van der Waals surface area contributed by atoms with Gasteiger partial charge >= 0.3 is 0 Å². The normalized spacial score (nSPS) is 12.8. The molecule has 10 heteroatoms. The maximum Gasteiger partial charge on any atom is 0.242 e. The van der Waals surface area contributed by atoms with Crippen molar-refractivity contribution in [1.82, 2.24) is 19.8 Å². The highest BCUT2D eigenvalue weighted by Gasteiger charge is 2.18. The Morgan fingerprint density at radius 2 is 1.93 bits per heavy atom. The van der Waals surface area contributed by atoms with Gasteiger partial charge in [0.25, 0.3) is 0 Å². The van der Waals surface area contributed by atoms with E-state index in [0.29, 0.717) is 23.9 Å². The first kappa shape index (κ1) is 20.7. The summed E-state index contributed by atoms with van der Waals surface area (Å²) in [4.78, 5) is 16.6. The third-order valence-electron chi connectivity index (χ3n) is 4.31. The quantitative estimate of drug-likeness (QED) is 0.596. The summed E-state index contributed by atoms with van der Waals surface area (Å²) in [6.45, 7) is 1.83. The molecule has 0 aliphatic carbocycles. The van der Waals surface area contributed by atoms with E-state index in [9.17, 15) is 13.2 Å². The Kier molecular flexibility index (Phi) is 6.14. The van der Waals surface area contributed by atoms with Crippen LogP contribution in [-0.4, -0.2) is 42.9 Å². The predicted molar refractivity (Wildman–Crippen MR) is 104 cm³/mol. The fourth-order valence-electron chi connectivity index (χ4n) is 2.62. The summed E-state index contributed by atoms with van der Waals surface area (Å²) in [6.07, 6.45) is 1.99. The molecule has 9 nitrogen and oxygen atoms in total. The van der Waals surface area contributed by atoms with Gasteiger partial charge < -0.3 is 14.3 Å². The Morgan fingerprint density at radius 1 is 1.21 bits per heavy atom. The first-order chi connectivity index (χ1) is 13.8. The molecule has 1 amide bonds. The number of aryl methyl sites for hydroxylation is 1. The molecule has 1 atom stereocenters. The van der Waals surface area contributed by atoms with E-state index >= 15 is 0 Å². The average Bonchev–Trinajstić information content (AvgIpc) is 3.38. The van der Waals surface area contributed by atoms with Crippen LogP contribution in [0.15, 0.2) is 56.5 Å². The van der Waals surface area contributed by atoms with Crippen LogP contribution in [-0.2, 0) is 21.2 Å². The molecule has 0 fully saturated rings. The highest BCUT2D eigenvalue weighted by molar-refractivity contribution is 7.89. The second-order valence-electron chi connectivity index (χ2n) is 6.63. The molecule has 0 bridgehead atoms. The summed E-state index contributed by atoms with van der Waals surface area (Å²) < 4.78 is 35.7. The molecule has 2 heterocycles. The van der Waals surface area contributed by atoms with Crippen LogP contribution in [0.25, 0.3) is 11.6 Å². The van der Waals surface area contributed by atoms with Crippen molar-refractivity contribution < 1.29 is 22.2 Å². The van der Waals surface area contributed by atoms with Crippen LogP contribution < -0.4 is 5.32 Å². The van der Waals surface area contributed by atoms with Crippen LogP contribution in [0.3, 0.4) is 0 Å². The third-order valence-corrected chi connectivity index (χ3v) is 6.14. The smallest absolute Gasteiger partial charge is 0.242 e. The molecule has 29 heavy (non-hydrogen) atoms. The third kappa shape index (κ3) is 4.90. The number of carbonyl (C=O) groups excluding carboxylic acids is 1. The highest BCUT2D eigenvalue weighted by Crippen LogP contribution is 2.19. The molecule has 2 aromatic heterocycles. The Balaban J connectivity index is 1.54. The van der Waals surface area contributed by atoms with E-state index in [0.717, 1.165) is 9.87 Å². The number of hydrogen-bond acceptors (Lipinski definition) is 7. The molecule has 0 aliphatic rings. The van der Waals surface area contributed by atoms with E-state index in [-0.39, 0.29) is 23.3 Å². The van der Waals surface area contributed by atoms with E-state index in [1.807, 2.05) is 6.92 Å². The SMILES string of the molecule is CC(NC(=O)CCc1nc(-c2ccco2)no1)c1ccc(S(=O)(=O)N(C)C)cc1. The predicted octanol–water partition coefficient (Wildman–Crippen LogP) is 2.39. The van der Waals surface area contributed by atoms with Crippen LogP contribution in [0, 0.1) is 0 Å². The Morgan fingerprint density at radius 3 is 2.55 bits per heavy atom. The van der Waals surface area contributed by atoms with E-state index in [1.54, 1.807) is 24.3 Å². The van der Waals surface area contributed by atoms with Gasteiger partial charge in [0.15, 0.2) is 5.76 Å². The average molecular weight is 418 g/mol. The summed E-state index contributed by atoms with van der Waals surface area (Å²) in [6, 6.07) is 9.61. The summed E-state index contributed by atoms with van der Waals surface area (Å²) in [5, 5.41) is 6.70. The number of nitrogens with zero attached hydrogens (tertiary/aromatic N) is 3. The van der Waals surface area contributed by atoms with Crippen molar-refractivity contribution in [2.24, 2.45) is 0 Å². The number of amides is 1. The molecule has 1 aromatic carbocycles. The zero-order valence-electron chi connectivity index (χ0n) is 16.3. The standard InChI is InChI=1S/C19H22N4O5S/c1-13(14-6-8-15(9-7-14)29(25,26)23(2)3)20-17(24)10-11-18-21-19(22-28-18)16-5-4-12-27-16/h4-9,12-13H,10-11H2,1-3H3,(H,20,24). The molecule has 3 aromatic rings. The molecule has 0 spiro atoms. The number of benzene rings is 1. The van der Waals surface area contributed by atoms with Gasteiger partial charge in [0.1, 0.15) is 0 Å². The Bertz CT molecular complexity index is 1060. The first-order valence-electron chi connectivity index (χ1n) is 8.95. The highest BCUT2D eigenvalue weighted by atomic mass is 32.2. The second kappa shape index (κ2) is 8.58. The second-order valence-corrected chi connectivity index (χ2v) is 8.79. The van der Waals surface area contributed by atoms with Crippen molar-refractivity contribution in [2.45, 2.75) is 30.7 Å². The van der Waals surface area contributed by atoms with Gasteiger partial charge in [-0.05, 0) is 36.8 Å². The van der Waals surface area contributed by atoms with Crippen molar-refractivity contribution in [3.8, 4) is 11.6 Å². The van der Waals surface area contributed by atoms with Gasteiger partial charge in [-0.15, -0.1) is 0 Å². The first-order valence-corrected chi connectivity index (χ1v) is 10.4. The van der Waals surface area contributed by atoms with E-state index in [4.69, 9.17) is 8.94 Å². The number of aromatic nitrogens is 2. The molecule has 0 saturated heterocycles. The van der Waals surface area contributed by atoms with Crippen LogP contribution >= 0.6 is 0 Å². The molecule has 0 radical (unpaired) electrons. The van der Waals surface area contributed by atoms with E-state index < -0.39 is 10.0 Å². The lowest BCUT2D eigenvalue weighted by Gasteiger charge is -2.16. The lowest BCUT2D eigenvalue weighted by Crippen LogP contribution is -2.27. The zero-order chi connectivity index (χ0) is 21.0. The number of furan rings is 1. The maximum atomic E-state index is 12.2. The van der Waals surface area contributed by atoms with Gasteiger partial charge in [0.05, 0.1) is 17.2 Å². The van der Waals surface area contributed by atoms with Crippen molar-refractivity contribution in [2.75, 3.05) is 14.1 Å². The molecule has 0 aliphatic heterocycles. The van der Waals surface area contributed by atoms with E-state index in [2.05, 4.69) is 15.5 Å². The minimum Gasteiger partial charge on any atom is -0.461 e. The molecule has 1 unspecified atom stereocenters. The van der Waals surface area contributed by atoms with Crippen molar-refractivity contribution in [3.63, 3.8) is 0 Å². The minimum absolute atomic E-state index is 0.178. The van der Waals surface area contributed by atoms with Gasteiger partial charge in [-0.1, -0.05) is 17.3 Å². The van der Waals surface area contributed by atoms with Crippen LogP contribution in [0.2, 0.25) is 0 Å². The van der Waals surface area contributed by atoms with E-state index in [1.165, 1.54) is 32.5 Å². The minimum atomic E-state index is -3.48. The van der Waals surface area contributed by atoms with Gasteiger partial charge in [0.2, 0.25) is 27.6 Å². The van der Waals surface area contributed by atoms with Crippen molar-refractivity contribution in [3.05, 3.63) is 54.1 Å². The summed E-state index contributed by atoms with van der Waals surface area (Å²) in [7, 11) is -0.522. The fourth-order valence-corrected chi connectivity index (χ4v) is 3.52. The lowest BCUT2D eigenvalue weighted by atomic mass is 10.1.